The van der Waals surface area contributed by atoms with Gasteiger partial charge in [-0.3, -0.25) is 4.79 Å². The van der Waals surface area contributed by atoms with Gasteiger partial charge < -0.3 is 9.47 Å². The van der Waals surface area contributed by atoms with Crippen LogP contribution in [0, 0.1) is 0 Å². The van der Waals surface area contributed by atoms with Crippen LogP contribution in [0.4, 0.5) is 0 Å². The molecule has 2 aromatic rings. The molecule has 0 aliphatic carbocycles. The van der Waals surface area contributed by atoms with E-state index in [1.165, 1.54) is 4.90 Å². The van der Waals surface area contributed by atoms with Crippen LogP contribution in [0.15, 0.2) is 29.2 Å². The summed E-state index contributed by atoms with van der Waals surface area (Å²) in [4.78, 5) is 13.1. The first-order valence-electron chi connectivity index (χ1n) is 6.98. The molecule has 7 nitrogen and oxygen atoms in total. The number of thioether (sulfide) groups is 1. The largest absolute Gasteiger partial charge is 0.343 e. The number of ketones is 1. The highest BCUT2D eigenvalue weighted by Gasteiger charge is 2.45. The SMILES string of the molecule is CSc1ccc(-c2nnnn2[C@H]2CC(=O)[C@@H]3OC[C@@H]2O3)cc1. The highest BCUT2D eigenvalue weighted by Crippen LogP contribution is 2.34. The van der Waals surface area contributed by atoms with Crippen molar-refractivity contribution in [1.29, 1.82) is 0 Å². The maximum absolute atomic E-state index is 12.0. The van der Waals surface area contributed by atoms with E-state index in [-0.39, 0.29) is 17.9 Å². The second-order valence-corrected chi connectivity index (χ2v) is 6.13. The van der Waals surface area contributed by atoms with Gasteiger partial charge in [-0.2, -0.15) is 0 Å². The normalized spacial score (nSPS) is 27.3. The number of tetrazole rings is 1. The quantitative estimate of drug-likeness (QED) is 0.790. The lowest BCUT2D eigenvalue weighted by Crippen LogP contribution is -2.37. The summed E-state index contributed by atoms with van der Waals surface area (Å²) in [6, 6.07) is 7.78. The van der Waals surface area contributed by atoms with Crippen LogP contribution >= 0.6 is 11.8 Å². The molecule has 0 radical (unpaired) electrons. The van der Waals surface area contributed by atoms with Crippen molar-refractivity contribution in [1.82, 2.24) is 20.2 Å². The highest BCUT2D eigenvalue weighted by molar-refractivity contribution is 7.98. The van der Waals surface area contributed by atoms with Crippen molar-refractivity contribution in [3.05, 3.63) is 24.3 Å². The molecule has 22 heavy (non-hydrogen) atoms. The third-order valence-corrected chi connectivity index (χ3v) is 4.71. The van der Waals surface area contributed by atoms with E-state index in [1.54, 1.807) is 16.4 Å². The molecule has 2 aliphatic rings. The Kier molecular flexibility index (Phi) is 3.44. The molecule has 8 heteroatoms. The Hall–Kier alpha value is -1.77. The summed E-state index contributed by atoms with van der Waals surface area (Å²) >= 11 is 1.68. The van der Waals surface area contributed by atoms with Gasteiger partial charge in [0.15, 0.2) is 11.6 Å². The number of aromatic nitrogens is 4. The van der Waals surface area contributed by atoms with Gasteiger partial charge >= 0.3 is 0 Å². The van der Waals surface area contributed by atoms with Gasteiger partial charge in [0.1, 0.15) is 6.10 Å². The lowest BCUT2D eigenvalue weighted by molar-refractivity contribution is -0.156. The molecule has 0 N–H and O–H groups in total. The lowest BCUT2D eigenvalue weighted by Gasteiger charge is -2.26. The Balaban J connectivity index is 1.68. The fraction of sp³-hybridized carbons (Fsp3) is 0.429. The van der Waals surface area contributed by atoms with Gasteiger partial charge in [-0.1, -0.05) is 12.1 Å². The molecule has 2 aliphatic heterocycles. The van der Waals surface area contributed by atoms with Gasteiger partial charge in [0.2, 0.25) is 6.29 Å². The van der Waals surface area contributed by atoms with Gasteiger partial charge in [0.05, 0.1) is 12.6 Å². The van der Waals surface area contributed by atoms with Crippen LogP contribution < -0.4 is 0 Å². The fourth-order valence-electron chi connectivity index (χ4n) is 2.82. The van der Waals surface area contributed by atoms with Gasteiger partial charge in [-0.05, 0) is 28.8 Å². The fourth-order valence-corrected chi connectivity index (χ4v) is 3.22. The van der Waals surface area contributed by atoms with E-state index in [0.29, 0.717) is 18.9 Å². The topological polar surface area (TPSA) is 79.1 Å². The van der Waals surface area contributed by atoms with Crippen LogP contribution in [0.5, 0.6) is 0 Å². The maximum atomic E-state index is 12.0. The standard InChI is InChI=1S/C14H14N4O3S/c1-22-9-4-2-8(3-5-9)13-15-16-17-18(13)10-6-11(19)14-20-7-12(10)21-14/h2-5,10,12,14H,6-7H2,1H3/t10-,12-,14+/m0/s1. The number of benzene rings is 1. The Labute approximate surface area is 131 Å². The number of Topliss-reactive ketones (excluding diaryl/α,β-unsaturated/α-hetero) is 1. The number of fused-ring (bicyclic) bond motifs is 2. The van der Waals surface area contributed by atoms with Gasteiger partial charge in [-0.25, -0.2) is 4.68 Å². The van der Waals surface area contributed by atoms with E-state index in [9.17, 15) is 4.79 Å². The number of carbonyl (C=O) groups excluding carboxylic acids is 1. The summed E-state index contributed by atoms with van der Waals surface area (Å²) in [7, 11) is 0. The van der Waals surface area contributed by atoms with Crippen LogP contribution in [0.1, 0.15) is 12.5 Å². The number of ether oxygens (including phenoxy) is 2. The second kappa shape index (κ2) is 5.45. The molecular weight excluding hydrogens is 304 g/mol. The summed E-state index contributed by atoms with van der Waals surface area (Å²) in [6.45, 7) is 0.395. The van der Waals surface area contributed by atoms with Gasteiger partial charge in [0.25, 0.3) is 0 Å². The lowest BCUT2D eigenvalue weighted by atomic mass is 10.0. The second-order valence-electron chi connectivity index (χ2n) is 5.25. The number of carbonyl (C=O) groups is 1. The first kappa shape index (κ1) is 13.9. The predicted octanol–water partition coefficient (Wildman–Crippen LogP) is 1.32. The van der Waals surface area contributed by atoms with Crippen molar-refractivity contribution < 1.29 is 14.3 Å². The van der Waals surface area contributed by atoms with Crippen molar-refractivity contribution in [3.63, 3.8) is 0 Å². The number of rotatable bonds is 3. The first-order chi connectivity index (χ1) is 10.8. The van der Waals surface area contributed by atoms with Crippen LogP contribution in [0.3, 0.4) is 0 Å². The molecule has 4 rings (SSSR count). The predicted molar refractivity (Wildman–Crippen MR) is 78.3 cm³/mol. The van der Waals surface area contributed by atoms with E-state index in [1.807, 2.05) is 30.5 Å². The zero-order valence-electron chi connectivity index (χ0n) is 11.9. The average Bonchev–Trinajstić information content (AvgIpc) is 3.20. The number of nitrogens with zero attached hydrogens (tertiary/aromatic N) is 4. The van der Waals surface area contributed by atoms with Crippen molar-refractivity contribution in [2.24, 2.45) is 0 Å². The number of hydrogen-bond donors (Lipinski definition) is 0. The summed E-state index contributed by atoms with van der Waals surface area (Å²) in [6.07, 6.45) is 1.47. The smallest absolute Gasteiger partial charge is 0.218 e. The summed E-state index contributed by atoms with van der Waals surface area (Å²) in [5.41, 5.74) is 0.913. The van der Waals surface area contributed by atoms with Crippen LogP contribution in [0.2, 0.25) is 0 Å². The molecule has 0 unspecified atom stereocenters. The summed E-state index contributed by atoms with van der Waals surface area (Å²) in [5, 5.41) is 12.0. The third kappa shape index (κ3) is 2.23. The molecule has 2 bridgehead atoms. The molecule has 1 aromatic carbocycles. The molecular formula is C14H14N4O3S. The van der Waals surface area contributed by atoms with E-state index < -0.39 is 6.29 Å². The minimum atomic E-state index is -0.706. The molecule has 0 amide bonds. The molecule has 0 spiro atoms. The first-order valence-corrected chi connectivity index (χ1v) is 8.21. The van der Waals surface area contributed by atoms with Crippen molar-refractivity contribution in [3.8, 4) is 11.4 Å². The Morgan fingerprint density at radius 3 is 2.91 bits per heavy atom. The maximum Gasteiger partial charge on any atom is 0.218 e. The van der Waals surface area contributed by atoms with Crippen molar-refractivity contribution in [2.45, 2.75) is 29.8 Å². The van der Waals surface area contributed by atoms with E-state index >= 15 is 0 Å². The van der Waals surface area contributed by atoms with Crippen LogP contribution in [-0.4, -0.2) is 51.2 Å². The minimum absolute atomic E-state index is 0.0575. The zero-order chi connectivity index (χ0) is 15.1. The molecule has 114 valence electrons. The number of hydrogen-bond acceptors (Lipinski definition) is 7. The Bertz CT molecular complexity index is 702. The molecule has 2 saturated heterocycles. The third-order valence-electron chi connectivity index (χ3n) is 3.97. The van der Waals surface area contributed by atoms with Crippen molar-refractivity contribution >= 4 is 17.5 Å². The minimum Gasteiger partial charge on any atom is -0.343 e. The Morgan fingerprint density at radius 2 is 2.14 bits per heavy atom. The molecule has 0 saturated carbocycles. The summed E-state index contributed by atoms with van der Waals surface area (Å²) < 4.78 is 12.6. The van der Waals surface area contributed by atoms with Crippen LogP contribution in [-0.2, 0) is 14.3 Å². The van der Waals surface area contributed by atoms with Crippen molar-refractivity contribution in [2.75, 3.05) is 12.9 Å². The van der Waals surface area contributed by atoms with Crippen LogP contribution in [0.25, 0.3) is 11.4 Å². The zero-order valence-corrected chi connectivity index (χ0v) is 12.7. The van der Waals surface area contributed by atoms with Gasteiger partial charge in [-0.15, -0.1) is 16.9 Å². The molecule has 3 heterocycles. The monoisotopic (exact) mass is 318 g/mol. The average molecular weight is 318 g/mol. The molecule has 2 fully saturated rings. The van der Waals surface area contributed by atoms with E-state index in [0.717, 1.165) is 5.56 Å². The van der Waals surface area contributed by atoms with Gasteiger partial charge in [0, 0.05) is 16.9 Å². The van der Waals surface area contributed by atoms with E-state index in [2.05, 4.69) is 15.5 Å². The van der Waals surface area contributed by atoms with E-state index in [4.69, 9.17) is 9.47 Å². The molecule has 1 aromatic heterocycles. The Morgan fingerprint density at radius 1 is 1.32 bits per heavy atom. The highest BCUT2D eigenvalue weighted by atomic mass is 32.2. The summed E-state index contributed by atoms with van der Waals surface area (Å²) in [5.74, 6) is 0.581. The molecule has 3 atom stereocenters.